The number of benzene rings is 1. The van der Waals surface area contributed by atoms with Gasteiger partial charge in [0.1, 0.15) is 5.82 Å². The number of carboxylic acids is 1. The molecular weight excluding hydrogens is 281 g/mol. The number of hydrogen-bond acceptors (Lipinski definition) is 3. The zero-order chi connectivity index (χ0) is 14.9. The van der Waals surface area contributed by atoms with Crippen molar-refractivity contribution in [3.8, 4) is 0 Å². The summed E-state index contributed by atoms with van der Waals surface area (Å²) in [7, 11) is 1.55. The van der Waals surface area contributed by atoms with Gasteiger partial charge in [-0.2, -0.15) is 0 Å². The highest BCUT2D eigenvalue weighted by molar-refractivity contribution is 7.21. The van der Waals surface area contributed by atoms with Gasteiger partial charge in [-0.3, -0.25) is 9.59 Å². The van der Waals surface area contributed by atoms with Crippen LogP contribution in [0.1, 0.15) is 21.7 Å². The molecule has 0 aliphatic rings. The molecule has 0 saturated heterocycles. The third-order valence-electron chi connectivity index (χ3n) is 3.11. The smallest absolute Gasteiger partial charge is 0.305 e. The highest BCUT2D eigenvalue weighted by atomic mass is 32.1. The third-order valence-corrected chi connectivity index (χ3v) is 4.35. The van der Waals surface area contributed by atoms with Crippen LogP contribution in [-0.4, -0.2) is 35.5 Å². The number of hydrogen-bond donors (Lipinski definition) is 1. The molecule has 0 unspecified atom stereocenters. The summed E-state index contributed by atoms with van der Waals surface area (Å²) in [5.41, 5.74) is 0.607. The number of amides is 1. The molecular formula is C14H14FNO3S. The van der Waals surface area contributed by atoms with Gasteiger partial charge in [0.05, 0.1) is 11.3 Å². The van der Waals surface area contributed by atoms with Gasteiger partial charge >= 0.3 is 5.97 Å². The number of aliphatic carboxylic acids is 1. The van der Waals surface area contributed by atoms with Crippen LogP contribution in [0.4, 0.5) is 4.39 Å². The van der Waals surface area contributed by atoms with E-state index < -0.39 is 5.97 Å². The first-order chi connectivity index (χ1) is 9.41. The second kappa shape index (κ2) is 5.58. The van der Waals surface area contributed by atoms with E-state index in [1.165, 1.54) is 22.3 Å². The average molecular weight is 295 g/mol. The summed E-state index contributed by atoms with van der Waals surface area (Å²) < 4.78 is 14.5. The molecule has 0 aliphatic heterocycles. The first-order valence-electron chi connectivity index (χ1n) is 6.06. The minimum absolute atomic E-state index is 0.111. The van der Waals surface area contributed by atoms with Crippen LogP contribution in [-0.2, 0) is 4.79 Å². The minimum Gasteiger partial charge on any atom is -0.481 e. The van der Waals surface area contributed by atoms with Crippen molar-refractivity contribution in [2.45, 2.75) is 13.3 Å². The Morgan fingerprint density at radius 1 is 1.40 bits per heavy atom. The molecule has 0 aliphatic carbocycles. The van der Waals surface area contributed by atoms with Crippen LogP contribution in [0.3, 0.4) is 0 Å². The van der Waals surface area contributed by atoms with E-state index in [0.717, 1.165) is 4.70 Å². The molecule has 1 N–H and O–H groups in total. The van der Waals surface area contributed by atoms with E-state index in [-0.39, 0.29) is 24.7 Å². The third kappa shape index (κ3) is 2.65. The Morgan fingerprint density at radius 3 is 2.70 bits per heavy atom. The van der Waals surface area contributed by atoms with Gasteiger partial charge in [-0.05, 0) is 24.6 Å². The van der Waals surface area contributed by atoms with Gasteiger partial charge in [0.15, 0.2) is 0 Å². The van der Waals surface area contributed by atoms with Crippen molar-refractivity contribution in [2.75, 3.05) is 13.6 Å². The Bertz CT molecular complexity index is 680. The van der Waals surface area contributed by atoms with Crippen molar-refractivity contribution in [1.29, 1.82) is 0 Å². The normalized spacial score (nSPS) is 10.8. The standard InChI is InChI=1S/C14H14FNO3S/c1-8-12-9(15)4-3-5-10(12)20-13(8)14(19)16(2)7-6-11(17)18/h3-5H,6-7H2,1-2H3,(H,17,18). The number of fused-ring (bicyclic) bond motifs is 1. The second-order valence-corrected chi connectivity index (χ2v) is 5.59. The SMILES string of the molecule is Cc1c(C(=O)N(C)CCC(=O)O)sc2cccc(F)c12. The molecule has 1 aromatic carbocycles. The first-order valence-corrected chi connectivity index (χ1v) is 6.88. The number of nitrogens with zero attached hydrogens (tertiary/aromatic N) is 1. The summed E-state index contributed by atoms with van der Waals surface area (Å²) in [5, 5.41) is 9.10. The van der Waals surface area contributed by atoms with E-state index in [0.29, 0.717) is 15.8 Å². The van der Waals surface area contributed by atoms with E-state index in [1.807, 2.05) is 0 Å². The molecule has 1 heterocycles. The van der Waals surface area contributed by atoms with Crippen LogP contribution in [0.15, 0.2) is 18.2 Å². The van der Waals surface area contributed by atoms with Gasteiger partial charge < -0.3 is 10.0 Å². The molecule has 0 fully saturated rings. The lowest BCUT2D eigenvalue weighted by Gasteiger charge is -2.15. The van der Waals surface area contributed by atoms with Crippen molar-refractivity contribution in [3.63, 3.8) is 0 Å². The van der Waals surface area contributed by atoms with E-state index in [4.69, 9.17) is 5.11 Å². The molecule has 6 heteroatoms. The van der Waals surface area contributed by atoms with Gasteiger partial charge in [0.2, 0.25) is 0 Å². The van der Waals surface area contributed by atoms with Gasteiger partial charge in [-0.15, -0.1) is 11.3 Å². The predicted molar refractivity (Wildman–Crippen MR) is 75.7 cm³/mol. The number of rotatable bonds is 4. The fraction of sp³-hybridized carbons (Fsp3) is 0.286. The Hall–Kier alpha value is -1.95. The Morgan fingerprint density at radius 2 is 2.10 bits per heavy atom. The number of carbonyl (C=O) groups excluding carboxylic acids is 1. The molecule has 0 bridgehead atoms. The van der Waals surface area contributed by atoms with E-state index in [1.54, 1.807) is 26.1 Å². The fourth-order valence-electron chi connectivity index (χ4n) is 2.00. The molecule has 106 valence electrons. The van der Waals surface area contributed by atoms with Crippen LogP contribution in [0, 0.1) is 12.7 Å². The quantitative estimate of drug-likeness (QED) is 0.943. The summed E-state index contributed by atoms with van der Waals surface area (Å²) in [5.74, 6) is -1.57. The maximum atomic E-state index is 13.8. The fourth-order valence-corrected chi connectivity index (χ4v) is 3.21. The Labute approximate surface area is 119 Å². The molecule has 0 saturated carbocycles. The summed E-state index contributed by atoms with van der Waals surface area (Å²) in [6, 6.07) is 4.74. The number of halogens is 1. The molecule has 4 nitrogen and oxygen atoms in total. The Balaban J connectivity index is 2.33. The van der Waals surface area contributed by atoms with Crippen LogP contribution in [0.2, 0.25) is 0 Å². The van der Waals surface area contributed by atoms with Crippen LogP contribution in [0.5, 0.6) is 0 Å². The van der Waals surface area contributed by atoms with Crippen molar-refractivity contribution in [1.82, 2.24) is 4.90 Å². The topological polar surface area (TPSA) is 57.6 Å². The lowest BCUT2D eigenvalue weighted by atomic mass is 10.1. The number of carbonyl (C=O) groups is 2. The molecule has 20 heavy (non-hydrogen) atoms. The molecule has 0 atom stereocenters. The zero-order valence-corrected chi connectivity index (χ0v) is 12.0. The summed E-state index contributed by atoms with van der Waals surface area (Å²) >= 11 is 1.23. The molecule has 0 radical (unpaired) electrons. The Kier molecular flexibility index (Phi) is 4.04. The summed E-state index contributed by atoms with van der Waals surface area (Å²) in [6.07, 6.45) is -0.111. The van der Waals surface area contributed by atoms with E-state index in [2.05, 4.69) is 0 Å². The number of carboxylic acid groups (broad SMARTS) is 1. The van der Waals surface area contributed by atoms with Gasteiger partial charge in [-0.1, -0.05) is 6.07 Å². The van der Waals surface area contributed by atoms with E-state index >= 15 is 0 Å². The largest absolute Gasteiger partial charge is 0.481 e. The predicted octanol–water partition coefficient (Wildman–Crippen LogP) is 2.90. The maximum absolute atomic E-state index is 13.8. The maximum Gasteiger partial charge on any atom is 0.305 e. The highest BCUT2D eigenvalue weighted by Gasteiger charge is 2.20. The minimum atomic E-state index is -0.955. The van der Waals surface area contributed by atoms with Crippen molar-refractivity contribution >= 4 is 33.3 Å². The van der Waals surface area contributed by atoms with Gasteiger partial charge in [0, 0.05) is 23.7 Å². The molecule has 0 spiro atoms. The zero-order valence-electron chi connectivity index (χ0n) is 11.1. The highest BCUT2D eigenvalue weighted by Crippen LogP contribution is 2.33. The van der Waals surface area contributed by atoms with Gasteiger partial charge in [-0.25, -0.2) is 4.39 Å². The summed E-state index contributed by atoms with van der Waals surface area (Å²) in [4.78, 5) is 24.6. The van der Waals surface area contributed by atoms with Crippen LogP contribution >= 0.6 is 11.3 Å². The van der Waals surface area contributed by atoms with Crippen LogP contribution in [0.25, 0.3) is 10.1 Å². The molecule has 2 aromatic rings. The number of thiophene rings is 1. The van der Waals surface area contributed by atoms with Crippen LogP contribution < -0.4 is 0 Å². The number of aryl methyl sites for hydroxylation is 1. The van der Waals surface area contributed by atoms with Gasteiger partial charge in [0.25, 0.3) is 5.91 Å². The lowest BCUT2D eigenvalue weighted by molar-refractivity contribution is -0.137. The van der Waals surface area contributed by atoms with Crippen molar-refractivity contribution in [3.05, 3.63) is 34.5 Å². The van der Waals surface area contributed by atoms with Crippen molar-refractivity contribution in [2.24, 2.45) is 0 Å². The monoisotopic (exact) mass is 295 g/mol. The summed E-state index contributed by atoms with van der Waals surface area (Å²) in [6.45, 7) is 1.84. The van der Waals surface area contributed by atoms with Crippen molar-refractivity contribution < 1.29 is 19.1 Å². The average Bonchev–Trinajstić information content (AvgIpc) is 2.73. The molecule has 2 rings (SSSR count). The second-order valence-electron chi connectivity index (χ2n) is 4.54. The molecule has 1 amide bonds. The lowest BCUT2D eigenvalue weighted by Crippen LogP contribution is -2.28. The molecule has 1 aromatic heterocycles. The van der Waals surface area contributed by atoms with E-state index in [9.17, 15) is 14.0 Å². The first kappa shape index (κ1) is 14.5.